The van der Waals surface area contributed by atoms with Gasteiger partial charge in [0.25, 0.3) is 5.56 Å². The third kappa shape index (κ3) is 5.93. The van der Waals surface area contributed by atoms with Crippen LogP contribution in [-0.2, 0) is 19.7 Å². The Morgan fingerprint density at radius 3 is 2.03 bits per heavy atom. The minimum atomic E-state index is -0.230. The summed E-state index contributed by atoms with van der Waals surface area (Å²) < 4.78 is 1.31. The number of hydrogen-bond donors (Lipinski definition) is 0. The zero-order valence-electron chi connectivity index (χ0n) is 21.9. The largest absolute Gasteiger partial charge is 0.404 e. The molecule has 0 N–H and O–H groups in total. The zero-order chi connectivity index (χ0) is 26.4. The van der Waals surface area contributed by atoms with Gasteiger partial charge in [-0.2, -0.15) is 0 Å². The van der Waals surface area contributed by atoms with Crippen molar-refractivity contribution in [1.29, 1.82) is 0 Å². The number of benzene rings is 3. The van der Waals surface area contributed by atoms with Crippen LogP contribution in [-0.4, -0.2) is 45.7 Å². The molecule has 2 aromatic heterocycles. The molecule has 196 valence electrons. The van der Waals surface area contributed by atoms with E-state index in [1.54, 1.807) is 12.3 Å². The second-order valence-corrected chi connectivity index (χ2v) is 10.1. The first kappa shape index (κ1) is 25.0. The lowest BCUT2D eigenvalue weighted by Crippen LogP contribution is -2.45. The van der Waals surface area contributed by atoms with Crippen molar-refractivity contribution in [1.82, 2.24) is 19.5 Å². The monoisotopic (exact) mass is 516 g/mol. The molecule has 1 saturated heterocycles. The topological polar surface area (TPSA) is 50.6 Å². The summed E-state index contributed by atoms with van der Waals surface area (Å²) in [5.41, 5.74) is 5.78. The maximum Gasteiger partial charge on any atom is 0.285 e. The standard InChI is InChI=1S/C33H32N4O2/c38-32-22-31(30-15-8-16-34-33(30)37(32)39-25-27-11-5-2-6-12-27)29-14-7-13-28(21-29)24-36-19-17-35(18-20-36)23-26-9-3-1-4-10-26/h1-16,21-22H,17-20,23-25H2. The predicted octanol–water partition coefficient (Wildman–Crippen LogP) is 5.01. The fourth-order valence-corrected chi connectivity index (χ4v) is 5.25. The molecule has 6 nitrogen and oxygen atoms in total. The molecule has 3 heterocycles. The van der Waals surface area contributed by atoms with Crippen molar-refractivity contribution in [3.63, 3.8) is 0 Å². The second kappa shape index (κ2) is 11.6. The van der Waals surface area contributed by atoms with E-state index in [-0.39, 0.29) is 5.56 Å². The van der Waals surface area contributed by atoms with Crippen molar-refractivity contribution >= 4 is 11.0 Å². The van der Waals surface area contributed by atoms with Gasteiger partial charge in [0.1, 0.15) is 6.61 Å². The first-order chi connectivity index (χ1) is 19.2. The van der Waals surface area contributed by atoms with E-state index in [9.17, 15) is 4.79 Å². The van der Waals surface area contributed by atoms with E-state index in [1.807, 2.05) is 42.5 Å². The summed E-state index contributed by atoms with van der Waals surface area (Å²) in [4.78, 5) is 28.7. The highest BCUT2D eigenvalue weighted by Crippen LogP contribution is 2.27. The highest BCUT2D eigenvalue weighted by Gasteiger charge is 2.18. The van der Waals surface area contributed by atoms with Gasteiger partial charge >= 0.3 is 0 Å². The van der Waals surface area contributed by atoms with Crippen LogP contribution in [0.4, 0.5) is 0 Å². The molecule has 6 rings (SSSR count). The van der Waals surface area contributed by atoms with Crippen LogP contribution < -0.4 is 10.4 Å². The third-order valence-electron chi connectivity index (χ3n) is 7.30. The van der Waals surface area contributed by atoms with Gasteiger partial charge in [-0.1, -0.05) is 78.9 Å². The molecule has 5 aromatic rings. The molecule has 0 spiro atoms. The molecule has 3 aromatic carbocycles. The fraction of sp³-hybridized carbons (Fsp3) is 0.212. The van der Waals surface area contributed by atoms with Gasteiger partial charge in [0, 0.05) is 56.9 Å². The SMILES string of the molecule is O=c1cc(-c2cccc(CN3CCN(Cc4ccccc4)CC3)c2)c2cccnc2n1OCc1ccccc1. The Balaban J connectivity index is 1.18. The summed E-state index contributed by atoms with van der Waals surface area (Å²) >= 11 is 0. The molecule has 0 saturated carbocycles. The van der Waals surface area contributed by atoms with E-state index in [0.717, 1.165) is 61.3 Å². The van der Waals surface area contributed by atoms with Gasteiger partial charge in [-0.05, 0) is 46.0 Å². The smallest absolute Gasteiger partial charge is 0.285 e. The van der Waals surface area contributed by atoms with E-state index < -0.39 is 0 Å². The molecule has 0 atom stereocenters. The summed E-state index contributed by atoms with van der Waals surface area (Å²) in [6.07, 6.45) is 1.70. The lowest BCUT2D eigenvalue weighted by molar-refractivity contribution is 0.0980. The Kier molecular flexibility index (Phi) is 7.47. The Bertz CT molecular complexity index is 1590. The Morgan fingerprint density at radius 1 is 0.667 bits per heavy atom. The van der Waals surface area contributed by atoms with Crippen molar-refractivity contribution in [3.05, 3.63) is 136 Å². The van der Waals surface area contributed by atoms with Crippen molar-refractivity contribution in [2.24, 2.45) is 0 Å². The molecule has 0 radical (unpaired) electrons. The number of piperazine rings is 1. The van der Waals surface area contributed by atoms with E-state index in [0.29, 0.717) is 12.3 Å². The van der Waals surface area contributed by atoms with Gasteiger partial charge in [0.05, 0.1) is 0 Å². The summed E-state index contributed by atoms with van der Waals surface area (Å²) in [5.74, 6) is 0. The highest BCUT2D eigenvalue weighted by molar-refractivity contribution is 5.92. The van der Waals surface area contributed by atoms with Crippen LogP contribution in [0.3, 0.4) is 0 Å². The van der Waals surface area contributed by atoms with Crippen molar-refractivity contribution in [2.45, 2.75) is 19.7 Å². The molecule has 1 aliphatic rings. The van der Waals surface area contributed by atoms with E-state index >= 15 is 0 Å². The molecule has 39 heavy (non-hydrogen) atoms. The van der Waals surface area contributed by atoms with Crippen molar-refractivity contribution in [2.75, 3.05) is 26.2 Å². The van der Waals surface area contributed by atoms with Gasteiger partial charge in [0.15, 0.2) is 5.65 Å². The summed E-state index contributed by atoms with van der Waals surface area (Å²) in [6.45, 7) is 6.39. The van der Waals surface area contributed by atoms with E-state index in [1.165, 1.54) is 15.9 Å². The molecule has 6 heteroatoms. The molecular formula is C33H32N4O2. The summed E-state index contributed by atoms with van der Waals surface area (Å²) in [6, 6.07) is 34.6. The molecule has 0 bridgehead atoms. The minimum absolute atomic E-state index is 0.230. The molecule has 0 aliphatic carbocycles. The minimum Gasteiger partial charge on any atom is -0.404 e. The maximum atomic E-state index is 13.2. The number of nitrogens with zero attached hydrogens (tertiary/aromatic N) is 4. The second-order valence-electron chi connectivity index (χ2n) is 10.1. The van der Waals surface area contributed by atoms with Crippen LogP contribution in [0.2, 0.25) is 0 Å². The van der Waals surface area contributed by atoms with E-state index in [4.69, 9.17) is 4.84 Å². The van der Waals surface area contributed by atoms with Gasteiger partial charge in [-0.25, -0.2) is 4.98 Å². The van der Waals surface area contributed by atoms with Gasteiger partial charge in [-0.3, -0.25) is 14.6 Å². The molecule has 1 fully saturated rings. The van der Waals surface area contributed by atoms with Gasteiger partial charge in [-0.15, -0.1) is 4.73 Å². The van der Waals surface area contributed by atoms with Crippen LogP contribution in [0.25, 0.3) is 22.2 Å². The van der Waals surface area contributed by atoms with Crippen LogP contribution in [0.15, 0.2) is 114 Å². The number of fused-ring (bicyclic) bond motifs is 1. The first-order valence-corrected chi connectivity index (χ1v) is 13.5. The van der Waals surface area contributed by atoms with Crippen LogP contribution in [0.5, 0.6) is 0 Å². The van der Waals surface area contributed by atoms with Crippen molar-refractivity contribution in [3.8, 4) is 11.1 Å². The first-order valence-electron chi connectivity index (χ1n) is 13.5. The lowest BCUT2D eigenvalue weighted by atomic mass is 10.0. The third-order valence-corrected chi connectivity index (χ3v) is 7.30. The van der Waals surface area contributed by atoms with Crippen LogP contribution >= 0.6 is 0 Å². The van der Waals surface area contributed by atoms with Crippen LogP contribution in [0, 0.1) is 0 Å². The Hall–Kier alpha value is -4.26. The normalized spacial score (nSPS) is 14.5. The van der Waals surface area contributed by atoms with Crippen molar-refractivity contribution < 1.29 is 4.84 Å². The molecule has 0 unspecified atom stereocenters. The number of rotatable bonds is 8. The number of hydrogen-bond acceptors (Lipinski definition) is 5. The Morgan fingerprint density at radius 2 is 1.31 bits per heavy atom. The molecular weight excluding hydrogens is 484 g/mol. The summed E-state index contributed by atoms with van der Waals surface area (Å²) in [5, 5.41) is 0.886. The van der Waals surface area contributed by atoms with E-state index in [2.05, 4.69) is 69.4 Å². The molecule has 0 amide bonds. The van der Waals surface area contributed by atoms with Crippen LogP contribution in [0.1, 0.15) is 16.7 Å². The quantitative estimate of drug-likeness (QED) is 0.290. The van der Waals surface area contributed by atoms with Gasteiger partial charge < -0.3 is 4.84 Å². The fourth-order valence-electron chi connectivity index (χ4n) is 5.25. The Labute approximate surface area is 228 Å². The highest BCUT2D eigenvalue weighted by atomic mass is 16.7. The summed E-state index contributed by atoms with van der Waals surface area (Å²) in [7, 11) is 0. The lowest BCUT2D eigenvalue weighted by Gasteiger charge is -2.34. The average Bonchev–Trinajstić information content (AvgIpc) is 2.99. The number of aromatic nitrogens is 2. The predicted molar refractivity (Wildman–Crippen MR) is 155 cm³/mol. The average molecular weight is 517 g/mol. The van der Waals surface area contributed by atoms with Gasteiger partial charge in [0.2, 0.25) is 0 Å². The zero-order valence-corrected chi connectivity index (χ0v) is 21.9. The molecule has 1 aliphatic heterocycles. The number of pyridine rings is 2. The maximum absolute atomic E-state index is 13.2.